The Hall–Kier alpha value is -1.72. The summed E-state index contributed by atoms with van der Waals surface area (Å²) in [6.45, 7) is 1.91. The number of urea groups is 1. The third-order valence-electron chi connectivity index (χ3n) is 2.54. The average molecular weight is 296 g/mol. The maximum atomic E-state index is 11.8. The van der Waals surface area contributed by atoms with Gasteiger partial charge in [-0.1, -0.05) is 11.6 Å². The predicted octanol–water partition coefficient (Wildman–Crippen LogP) is 3.87. The lowest BCUT2D eigenvalue weighted by Gasteiger charge is -2.13. The monoisotopic (exact) mass is 295 g/mol. The zero-order valence-corrected chi connectivity index (χ0v) is 11.9. The molecule has 0 saturated heterocycles. The number of nitrogens with two attached hydrogens (primary N) is 1. The maximum Gasteiger partial charge on any atom is 0.319 e. The predicted molar refractivity (Wildman–Crippen MR) is 80.8 cm³/mol. The van der Waals surface area contributed by atoms with E-state index in [9.17, 15) is 4.79 Å². The molecule has 0 aliphatic heterocycles. The molecule has 2 rings (SSSR count). The van der Waals surface area contributed by atoms with Gasteiger partial charge in [0.1, 0.15) is 0 Å². The fourth-order valence-corrected chi connectivity index (χ4v) is 2.63. The molecule has 1 unspecified atom stereocenters. The Morgan fingerprint density at radius 1 is 1.26 bits per heavy atom. The summed E-state index contributed by atoms with van der Waals surface area (Å²) < 4.78 is 0.711. The summed E-state index contributed by atoms with van der Waals surface area (Å²) in [7, 11) is 0. The molecule has 2 aromatic rings. The molecule has 2 amide bonds. The number of hydrogen-bond acceptors (Lipinski definition) is 3. The van der Waals surface area contributed by atoms with Crippen molar-refractivity contribution in [2.24, 2.45) is 0 Å². The van der Waals surface area contributed by atoms with Crippen LogP contribution in [0.15, 0.2) is 36.4 Å². The molecule has 1 aromatic carbocycles. The van der Waals surface area contributed by atoms with Crippen LogP contribution in [0.5, 0.6) is 0 Å². The number of nitrogen functional groups attached to an aromatic ring is 1. The Labute approximate surface area is 120 Å². The molecule has 0 aliphatic rings. The number of nitrogens with one attached hydrogen (secondary N) is 2. The molecule has 0 spiro atoms. The molecule has 19 heavy (non-hydrogen) atoms. The summed E-state index contributed by atoms with van der Waals surface area (Å²) in [5.74, 6) is 0. The highest BCUT2D eigenvalue weighted by Crippen LogP contribution is 2.26. The van der Waals surface area contributed by atoms with Crippen LogP contribution in [-0.4, -0.2) is 6.03 Å². The molecule has 0 fully saturated rings. The Morgan fingerprint density at radius 2 is 1.95 bits per heavy atom. The Balaban J connectivity index is 1.92. The first-order valence-electron chi connectivity index (χ1n) is 5.73. The van der Waals surface area contributed by atoms with Crippen LogP contribution in [0.25, 0.3) is 0 Å². The van der Waals surface area contributed by atoms with E-state index in [4.69, 9.17) is 17.3 Å². The molecule has 6 heteroatoms. The molecule has 1 atom stereocenters. The number of rotatable bonds is 3. The van der Waals surface area contributed by atoms with E-state index in [0.29, 0.717) is 15.7 Å². The molecular formula is C13H14ClN3OS. The first-order chi connectivity index (χ1) is 9.04. The van der Waals surface area contributed by atoms with Crippen LogP contribution in [-0.2, 0) is 0 Å². The normalized spacial score (nSPS) is 11.9. The van der Waals surface area contributed by atoms with Crippen molar-refractivity contribution in [3.05, 3.63) is 45.6 Å². The molecular weight excluding hydrogens is 282 g/mol. The number of amides is 2. The smallest absolute Gasteiger partial charge is 0.319 e. The van der Waals surface area contributed by atoms with Crippen molar-refractivity contribution in [2.45, 2.75) is 13.0 Å². The lowest BCUT2D eigenvalue weighted by molar-refractivity contribution is 0.249. The minimum absolute atomic E-state index is 0.0914. The summed E-state index contributed by atoms with van der Waals surface area (Å²) in [4.78, 5) is 12.8. The first-order valence-corrected chi connectivity index (χ1v) is 6.92. The van der Waals surface area contributed by atoms with Gasteiger partial charge >= 0.3 is 6.03 Å². The minimum atomic E-state index is -0.262. The van der Waals surface area contributed by atoms with E-state index in [1.54, 1.807) is 24.3 Å². The number of anilines is 2. The van der Waals surface area contributed by atoms with E-state index in [1.165, 1.54) is 11.3 Å². The molecule has 4 nitrogen and oxygen atoms in total. The molecule has 0 aliphatic carbocycles. The Morgan fingerprint density at radius 3 is 2.53 bits per heavy atom. The highest BCUT2D eigenvalue weighted by molar-refractivity contribution is 7.16. The average Bonchev–Trinajstić information content (AvgIpc) is 2.79. The van der Waals surface area contributed by atoms with Crippen molar-refractivity contribution >= 4 is 40.3 Å². The van der Waals surface area contributed by atoms with Crippen LogP contribution < -0.4 is 16.4 Å². The highest BCUT2D eigenvalue weighted by Gasteiger charge is 2.11. The topological polar surface area (TPSA) is 67.2 Å². The summed E-state index contributed by atoms with van der Waals surface area (Å²) in [5, 5.41) is 5.59. The van der Waals surface area contributed by atoms with Crippen LogP contribution in [0.1, 0.15) is 17.8 Å². The summed E-state index contributed by atoms with van der Waals surface area (Å²) in [6, 6.07) is 10.3. The van der Waals surface area contributed by atoms with Crippen LogP contribution in [0.3, 0.4) is 0 Å². The van der Waals surface area contributed by atoms with Gasteiger partial charge in [0.15, 0.2) is 0 Å². The van der Waals surface area contributed by atoms with Crippen molar-refractivity contribution in [3.63, 3.8) is 0 Å². The van der Waals surface area contributed by atoms with Crippen molar-refractivity contribution in [1.82, 2.24) is 5.32 Å². The van der Waals surface area contributed by atoms with Gasteiger partial charge in [-0.25, -0.2) is 4.79 Å². The summed E-state index contributed by atoms with van der Waals surface area (Å²) in [6.07, 6.45) is 0. The SMILES string of the molecule is CC(NC(=O)Nc1ccc(N)cc1)c1ccc(Cl)s1. The molecule has 4 N–H and O–H groups in total. The number of hydrogen-bond donors (Lipinski definition) is 3. The Kier molecular flexibility index (Phi) is 4.29. The fourth-order valence-electron chi connectivity index (χ4n) is 1.56. The van der Waals surface area contributed by atoms with E-state index in [-0.39, 0.29) is 12.1 Å². The molecule has 0 bridgehead atoms. The van der Waals surface area contributed by atoms with E-state index in [0.717, 1.165) is 4.88 Å². The number of benzene rings is 1. The lowest BCUT2D eigenvalue weighted by atomic mass is 10.3. The van der Waals surface area contributed by atoms with Crippen molar-refractivity contribution < 1.29 is 4.79 Å². The van der Waals surface area contributed by atoms with Crippen LogP contribution >= 0.6 is 22.9 Å². The van der Waals surface area contributed by atoms with Crippen LogP contribution in [0.2, 0.25) is 4.34 Å². The van der Waals surface area contributed by atoms with Gasteiger partial charge in [0, 0.05) is 16.3 Å². The summed E-state index contributed by atoms with van der Waals surface area (Å²) >= 11 is 7.32. The number of carbonyl (C=O) groups is 1. The van der Waals surface area contributed by atoms with Gasteiger partial charge in [-0.05, 0) is 43.3 Å². The zero-order chi connectivity index (χ0) is 13.8. The van der Waals surface area contributed by atoms with Gasteiger partial charge in [-0.3, -0.25) is 0 Å². The highest BCUT2D eigenvalue weighted by atomic mass is 35.5. The number of halogens is 1. The summed E-state index contributed by atoms with van der Waals surface area (Å²) in [5.41, 5.74) is 6.93. The van der Waals surface area contributed by atoms with Crippen molar-refractivity contribution in [3.8, 4) is 0 Å². The van der Waals surface area contributed by atoms with Gasteiger partial charge in [0.05, 0.1) is 10.4 Å². The van der Waals surface area contributed by atoms with E-state index >= 15 is 0 Å². The Bertz CT molecular complexity index is 568. The number of carbonyl (C=O) groups excluding carboxylic acids is 1. The van der Waals surface area contributed by atoms with E-state index < -0.39 is 0 Å². The van der Waals surface area contributed by atoms with Crippen molar-refractivity contribution in [1.29, 1.82) is 0 Å². The van der Waals surface area contributed by atoms with Gasteiger partial charge in [-0.2, -0.15) is 0 Å². The molecule has 1 heterocycles. The quantitative estimate of drug-likeness (QED) is 0.753. The first kappa shape index (κ1) is 13.7. The maximum absolute atomic E-state index is 11.8. The zero-order valence-electron chi connectivity index (χ0n) is 10.3. The molecule has 1 aromatic heterocycles. The molecule has 0 saturated carbocycles. The second kappa shape index (κ2) is 5.95. The third kappa shape index (κ3) is 3.87. The van der Waals surface area contributed by atoms with E-state index in [1.807, 2.05) is 19.1 Å². The number of thiophene rings is 1. The van der Waals surface area contributed by atoms with Gasteiger partial charge in [0.2, 0.25) is 0 Å². The lowest BCUT2D eigenvalue weighted by Crippen LogP contribution is -2.30. The fraction of sp³-hybridized carbons (Fsp3) is 0.154. The minimum Gasteiger partial charge on any atom is -0.399 e. The second-order valence-corrected chi connectivity index (χ2v) is 5.83. The van der Waals surface area contributed by atoms with E-state index in [2.05, 4.69) is 10.6 Å². The molecule has 100 valence electrons. The van der Waals surface area contributed by atoms with Crippen LogP contribution in [0, 0.1) is 0 Å². The third-order valence-corrected chi connectivity index (χ3v) is 3.95. The van der Waals surface area contributed by atoms with Gasteiger partial charge < -0.3 is 16.4 Å². The van der Waals surface area contributed by atoms with Gasteiger partial charge in [0.25, 0.3) is 0 Å². The standard InChI is InChI=1S/C13H14ClN3OS/c1-8(11-6-7-12(14)19-11)16-13(18)17-10-4-2-9(15)3-5-10/h2-8H,15H2,1H3,(H2,16,17,18). The largest absolute Gasteiger partial charge is 0.399 e. The van der Waals surface area contributed by atoms with Gasteiger partial charge in [-0.15, -0.1) is 11.3 Å². The second-order valence-electron chi connectivity index (χ2n) is 4.08. The van der Waals surface area contributed by atoms with Crippen molar-refractivity contribution in [2.75, 3.05) is 11.1 Å². The van der Waals surface area contributed by atoms with Crippen LogP contribution in [0.4, 0.5) is 16.2 Å². The molecule has 0 radical (unpaired) electrons.